The van der Waals surface area contributed by atoms with E-state index in [1.165, 1.54) is 62.6 Å². The molecule has 0 bridgehead atoms. The molecule has 19 heavy (non-hydrogen) atoms. The lowest BCUT2D eigenvalue weighted by Gasteiger charge is -2.31. The van der Waals surface area contributed by atoms with Crippen LogP contribution in [-0.2, 0) is 6.42 Å². The second kappa shape index (κ2) is 5.98. The van der Waals surface area contributed by atoms with Gasteiger partial charge in [-0.2, -0.15) is 0 Å². The molecule has 3 rings (SSSR count). The number of nitrogens with one attached hydrogen (secondary N) is 1. The first-order chi connectivity index (χ1) is 9.36. The van der Waals surface area contributed by atoms with Crippen molar-refractivity contribution in [1.82, 2.24) is 0 Å². The zero-order valence-corrected chi connectivity index (χ0v) is 12.2. The molecule has 2 aliphatic rings. The zero-order valence-electron chi connectivity index (χ0n) is 12.2. The number of anilines is 1. The Morgan fingerprint density at radius 1 is 1.05 bits per heavy atom. The van der Waals surface area contributed by atoms with Crippen LogP contribution in [0.4, 0.5) is 5.69 Å². The topological polar surface area (TPSA) is 12.0 Å². The summed E-state index contributed by atoms with van der Waals surface area (Å²) in [4.78, 5) is 0. The van der Waals surface area contributed by atoms with Gasteiger partial charge in [0.15, 0.2) is 0 Å². The minimum Gasteiger partial charge on any atom is -0.382 e. The van der Waals surface area contributed by atoms with E-state index in [1.54, 1.807) is 0 Å². The Morgan fingerprint density at radius 2 is 1.89 bits per heavy atom. The minimum atomic E-state index is 0.720. The highest BCUT2D eigenvalue weighted by Crippen LogP contribution is 2.44. The van der Waals surface area contributed by atoms with E-state index in [4.69, 9.17) is 0 Å². The average molecular weight is 257 g/mol. The number of aryl methyl sites for hydroxylation is 1. The van der Waals surface area contributed by atoms with Crippen LogP contribution >= 0.6 is 0 Å². The average Bonchev–Trinajstić information content (AvgIpc) is 3.26. The maximum absolute atomic E-state index is 3.85. The molecule has 104 valence electrons. The molecule has 0 aliphatic heterocycles. The van der Waals surface area contributed by atoms with Crippen LogP contribution in [0.3, 0.4) is 0 Å². The molecule has 0 spiro atoms. The van der Waals surface area contributed by atoms with Gasteiger partial charge in [-0.15, -0.1) is 0 Å². The molecule has 2 aliphatic carbocycles. The molecule has 2 saturated carbocycles. The van der Waals surface area contributed by atoms with E-state index in [-0.39, 0.29) is 0 Å². The van der Waals surface area contributed by atoms with E-state index < -0.39 is 0 Å². The summed E-state index contributed by atoms with van der Waals surface area (Å²) in [6.07, 6.45) is 11.1. The largest absolute Gasteiger partial charge is 0.382 e. The van der Waals surface area contributed by atoms with Gasteiger partial charge in [0.1, 0.15) is 0 Å². The molecule has 0 aromatic heterocycles. The molecule has 0 saturated heterocycles. The standard InChI is InChI=1S/C18H27N/c1-2-6-15-7-3-4-10-18(15)19-17-9-5-8-16(13-17)14-11-12-14/h3-4,7,10,14,16-17,19H,2,5-6,8-9,11-13H2,1H3. The number of rotatable bonds is 5. The third-order valence-electron chi connectivity index (χ3n) is 4.90. The van der Waals surface area contributed by atoms with Crippen LogP contribution in [0.2, 0.25) is 0 Å². The maximum Gasteiger partial charge on any atom is 0.0374 e. The molecular formula is C18H27N. The summed E-state index contributed by atoms with van der Waals surface area (Å²) in [6, 6.07) is 9.61. The molecule has 1 heteroatoms. The van der Waals surface area contributed by atoms with Gasteiger partial charge in [0, 0.05) is 11.7 Å². The van der Waals surface area contributed by atoms with Crippen molar-refractivity contribution < 1.29 is 0 Å². The second-order valence-electron chi connectivity index (χ2n) is 6.51. The maximum atomic E-state index is 3.85. The summed E-state index contributed by atoms with van der Waals surface area (Å²) in [5.74, 6) is 2.10. The fourth-order valence-electron chi connectivity index (χ4n) is 3.72. The number of hydrogen-bond donors (Lipinski definition) is 1. The van der Waals surface area contributed by atoms with E-state index in [0.717, 1.165) is 17.9 Å². The molecule has 1 aromatic rings. The van der Waals surface area contributed by atoms with Gasteiger partial charge in [-0.05, 0) is 55.6 Å². The molecule has 1 N–H and O–H groups in total. The Bertz CT molecular complexity index is 408. The van der Waals surface area contributed by atoms with E-state index in [1.807, 2.05) is 0 Å². The van der Waals surface area contributed by atoms with E-state index >= 15 is 0 Å². The predicted molar refractivity (Wildman–Crippen MR) is 82.5 cm³/mol. The highest BCUT2D eigenvalue weighted by Gasteiger charge is 2.34. The Morgan fingerprint density at radius 3 is 2.68 bits per heavy atom. The van der Waals surface area contributed by atoms with E-state index in [0.29, 0.717) is 0 Å². The van der Waals surface area contributed by atoms with E-state index in [9.17, 15) is 0 Å². The van der Waals surface area contributed by atoms with Gasteiger partial charge >= 0.3 is 0 Å². The fourth-order valence-corrected chi connectivity index (χ4v) is 3.72. The van der Waals surface area contributed by atoms with Crippen molar-refractivity contribution in [2.24, 2.45) is 11.8 Å². The van der Waals surface area contributed by atoms with Gasteiger partial charge < -0.3 is 5.32 Å². The first kappa shape index (κ1) is 13.0. The van der Waals surface area contributed by atoms with Crippen LogP contribution < -0.4 is 5.32 Å². The van der Waals surface area contributed by atoms with Crippen molar-refractivity contribution in [3.05, 3.63) is 29.8 Å². The summed E-state index contributed by atoms with van der Waals surface area (Å²) in [5.41, 5.74) is 2.89. The summed E-state index contributed by atoms with van der Waals surface area (Å²) in [5, 5.41) is 3.85. The summed E-state index contributed by atoms with van der Waals surface area (Å²) < 4.78 is 0. The first-order valence-corrected chi connectivity index (χ1v) is 8.21. The van der Waals surface area contributed by atoms with Gasteiger partial charge in [0.25, 0.3) is 0 Å². The Labute approximate surface area is 117 Å². The molecule has 0 heterocycles. The lowest BCUT2D eigenvalue weighted by molar-refractivity contribution is 0.303. The van der Waals surface area contributed by atoms with Crippen LogP contribution in [0.1, 0.15) is 57.4 Å². The normalized spacial score (nSPS) is 27.2. The molecule has 2 fully saturated rings. The molecule has 1 aromatic carbocycles. The van der Waals surface area contributed by atoms with Gasteiger partial charge in [-0.1, -0.05) is 44.4 Å². The van der Waals surface area contributed by atoms with Crippen LogP contribution in [0.25, 0.3) is 0 Å². The minimum absolute atomic E-state index is 0.720. The number of benzene rings is 1. The third kappa shape index (κ3) is 3.32. The van der Waals surface area contributed by atoms with Crippen molar-refractivity contribution in [3.63, 3.8) is 0 Å². The SMILES string of the molecule is CCCc1ccccc1NC1CCCC(C2CC2)C1. The predicted octanol–water partition coefficient (Wildman–Crippen LogP) is 5.02. The van der Waals surface area contributed by atoms with Gasteiger partial charge in [-0.25, -0.2) is 0 Å². The summed E-state index contributed by atoms with van der Waals surface area (Å²) in [7, 11) is 0. The lowest BCUT2D eigenvalue weighted by atomic mass is 9.82. The first-order valence-electron chi connectivity index (χ1n) is 8.21. The van der Waals surface area contributed by atoms with Crippen LogP contribution in [-0.4, -0.2) is 6.04 Å². The monoisotopic (exact) mass is 257 g/mol. The summed E-state index contributed by atoms with van der Waals surface area (Å²) in [6.45, 7) is 2.26. The quantitative estimate of drug-likeness (QED) is 0.781. The molecular weight excluding hydrogens is 230 g/mol. The van der Waals surface area contributed by atoms with Gasteiger partial charge in [0.05, 0.1) is 0 Å². The van der Waals surface area contributed by atoms with Crippen molar-refractivity contribution >= 4 is 5.69 Å². The van der Waals surface area contributed by atoms with Gasteiger partial charge in [0.2, 0.25) is 0 Å². The molecule has 0 radical (unpaired) electrons. The lowest BCUT2D eigenvalue weighted by Crippen LogP contribution is -2.28. The zero-order chi connectivity index (χ0) is 13.1. The third-order valence-corrected chi connectivity index (χ3v) is 4.90. The Kier molecular flexibility index (Phi) is 4.10. The van der Waals surface area contributed by atoms with Crippen LogP contribution in [0.15, 0.2) is 24.3 Å². The highest BCUT2D eigenvalue weighted by atomic mass is 14.9. The van der Waals surface area contributed by atoms with Crippen molar-refractivity contribution in [3.8, 4) is 0 Å². The molecule has 0 amide bonds. The van der Waals surface area contributed by atoms with Crippen LogP contribution in [0.5, 0.6) is 0 Å². The van der Waals surface area contributed by atoms with Crippen molar-refractivity contribution in [2.75, 3.05) is 5.32 Å². The summed E-state index contributed by atoms with van der Waals surface area (Å²) >= 11 is 0. The Hall–Kier alpha value is -0.980. The van der Waals surface area contributed by atoms with E-state index in [2.05, 4.69) is 36.5 Å². The highest BCUT2D eigenvalue weighted by molar-refractivity contribution is 5.51. The molecule has 2 unspecified atom stereocenters. The second-order valence-corrected chi connectivity index (χ2v) is 6.51. The molecule has 2 atom stereocenters. The Balaban J connectivity index is 1.63. The smallest absolute Gasteiger partial charge is 0.0374 e. The molecule has 1 nitrogen and oxygen atoms in total. The van der Waals surface area contributed by atoms with Crippen molar-refractivity contribution in [2.45, 2.75) is 64.3 Å². The van der Waals surface area contributed by atoms with Crippen molar-refractivity contribution in [1.29, 1.82) is 0 Å². The van der Waals surface area contributed by atoms with Crippen LogP contribution in [0, 0.1) is 11.8 Å². The fraction of sp³-hybridized carbons (Fsp3) is 0.667. The number of hydrogen-bond acceptors (Lipinski definition) is 1. The number of para-hydroxylation sites is 1. The van der Waals surface area contributed by atoms with Gasteiger partial charge in [-0.3, -0.25) is 0 Å².